The normalized spacial score (nSPS) is 15.8. The maximum absolute atomic E-state index is 12.1. The summed E-state index contributed by atoms with van der Waals surface area (Å²) in [7, 11) is 0. The molecule has 1 aliphatic heterocycles. The van der Waals surface area contributed by atoms with Gasteiger partial charge in [-0.05, 0) is 18.1 Å². The van der Waals surface area contributed by atoms with Gasteiger partial charge in [-0.2, -0.15) is 0 Å². The van der Waals surface area contributed by atoms with E-state index in [1.54, 1.807) is 0 Å². The molecule has 0 bridgehead atoms. The zero-order valence-corrected chi connectivity index (χ0v) is 11.8. The molecule has 0 aromatic heterocycles. The molecule has 0 radical (unpaired) electrons. The van der Waals surface area contributed by atoms with Crippen LogP contribution in [0.1, 0.15) is 5.56 Å². The van der Waals surface area contributed by atoms with E-state index in [0.717, 1.165) is 5.56 Å². The van der Waals surface area contributed by atoms with Crippen LogP contribution in [0.5, 0.6) is 0 Å². The fraction of sp³-hybridized carbons (Fsp3) is 0.231. The van der Waals surface area contributed by atoms with Gasteiger partial charge in [0, 0.05) is 0 Å². The van der Waals surface area contributed by atoms with Crippen molar-refractivity contribution in [2.75, 3.05) is 12.5 Å². The summed E-state index contributed by atoms with van der Waals surface area (Å²) in [6, 6.07) is 9.54. The highest BCUT2D eigenvalue weighted by Crippen LogP contribution is 2.34. The number of hydrogen-bond acceptors (Lipinski definition) is 4. The molecule has 0 unspecified atom stereocenters. The number of carbonyl (C=O) groups excluding carboxylic acids is 2. The van der Waals surface area contributed by atoms with Gasteiger partial charge in [0.15, 0.2) is 0 Å². The van der Waals surface area contributed by atoms with Crippen molar-refractivity contribution in [3.8, 4) is 0 Å². The van der Waals surface area contributed by atoms with Gasteiger partial charge in [-0.1, -0.05) is 30.3 Å². The topological polar surface area (TPSA) is 37.4 Å². The van der Waals surface area contributed by atoms with Crippen LogP contribution < -0.4 is 0 Å². The highest BCUT2D eigenvalue weighted by Gasteiger charge is 2.37. The van der Waals surface area contributed by atoms with Crippen LogP contribution in [-0.4, -0.2) is 29.2 Å². The average molecular weight is 279 g/mol. The minimum absolute atomic E-state index is 0.180. The largest absolute Gasteiger partial charge is 0.269 e. The number of amides is 2. The van der Waals surface area contributed by atoms with Gasteiger partial charge >= 0.3 is 0 Å². The summed E-state index contributed by atoms with van der Waals surface area (Å²) in [6.45, 7) is 0.340. The van der Waals surface area contributed by atoms with Gasteiger partial charge < -0.3 is 0 Å². The lowest BCUT2D eigenvalue weighted by molar-refractivity contribution is -0.137. The second kappa shape index (κ2) is 5.63. The molecule has 2 amide bonds. The molecular formula is C13H13NO2S2. The Kier molecular flexibility index (Phi) is 4.14. The molecule has 0 saturated carbocycles. The fourth-order valence-corrected chi connectivity index (χ4v) is 3.42. The molecule has 1 aliphatic rings. The van der Waals surface area contributed by atoms with Crippen LogP contribution >= 0.6 is 23.5 Å². The van der Waals surface area contributed by atoms with Gasteiger partial charge in [0.05, 0.1) is 16.4 Å². The van der Waals surface area contributed by atoms with Gasteiger partial charge in [-0.25, -0.2) is 0 Å². The minimum atomic E-state index is -0.180. The lowest BCUT2D eigenvalue weighted by atomic mass is 10.2. The summed E-state index contributed by atoms with van der Waals surface area (Å²) in [5.41, 5.74) is 0.960. The van der Waals surface area contributed by atoms with Gasteiger partial charge in [-0.3, -0.25) is 14.5 Å². The molecule has 0 aliphatic carbocycles. The van der Waals surface area contributed by atoms with E-state index >= 15 is 0 Å². The molecule has 0 spiro atoms. The molecule has 3 nitrogen and oxygen atoms in total. The van der Waals surface area contributed by atoms with E-state index in [1.807, 2.05) is 42.8 Å². The average Bonchev–Trinajstić information content (AvgIpc) is 2.63. The summed E-state index contributed by atoms with van der Waals surface area (Å²) in [6.07, 6.45) is 3.64. The van der Waals surface area contributed by atoms with E-state index in [1.165, 1.54) is 28.4 Å². The minimum Gasteiger partial charge on any atom is -0.269 e. The fourth-order valence-electron chi connectivity index (χ4n) is 1.80. The molecule has 0 atom stereocenters. The maximum Gasteiger partial charge on any atom is 0.268 e. The number of hydrogen-bond donors (Lipinski definition) is 0. The summed E-state index contributed by atoms with van der Waals surface area (Å²) >= 11 is 2.68. The second-order valence-electron chi connectivity index (χ2n) is 3.75. The van der Waals surface area contributed by atoms with Crippen LogP contribution in [-0.2, 0) is 16.1 Å². The molecule has 0 saturated heterocycles. The molecule has 1 heterocycles. The van der Waals surface area contributed by atoms with E-state index in [-0.39, 0.29) is 11.8 Å². The first-order valence-electron chi connectivity index (χ1n) is 5.41. The second-order valence-corrected chi connectivity index (χ2v) is 5.38. The Morgan fingerprint density at radius 3 is 1.89 bits per heavy atom. The first-order chi connectivity index (χ1) is 8.69. The summed E-state index contributed by atoms with van der Waals surface area (Å²) < 4.78 is 0. The SMILES string of the molecule is CSC1=C(SC)C(=O)N(Cc2ccccc2)C1=O. The lowest BCUT2D eigenvalue weighted by Gasteiger charge is -2.14. The Morgan fingerprint density at radius 1 is 0.944 bits per heavy atom. The Balaban J connectivity index is 2.23. The summed E-state index contributed by atoms with van der Waals surface area (Å²) in [4.78, 5) is 26.7. The van der Waals surface area contributed by atoms with E-state index < -0.39 is 0 Å². The molecule has 5 heteroatoms. The number of carbonyl (C=O) groups is 2. The van der Waals surface area contributed by atoms with Crippen LogP contribution in [0.25, 0.3) is 0 Å². The van der Waals surface area contributed by atoms with E-state index in [0.29, 0.717) is 16.4 Å². The Hall–Kier alpha value is -1.20. The van der Waals surface area contributed by atoms with Crippen molar-refractivity contribution in [2.45, 2.75) is 6.54 Å². The lowest BCUT2D eigenvalue weighted by Crippen LogP contribution is -2.30. The predicted octanol–water partition coefficient (Wildman–Crippen LogP) is 2.49. The Bertz CT molecular complexity index is 485. The first kappa shape index (κ1) is 13.2. The van der Waals surface area contributed by atoms with Crippen LogP contribution in [0.3, 0.4) is 0 Å². The molecule has 0 fully saturated rings. The van der Waals surface area contributed by atoms with Gasteiger partial charge in [-0.15, -0.1) is 23.5 Å². The monoisotopic (exact) mass is 279 g/mol. The Morgan fingerprint density at radius 2 is 1.44 bits per heavy atom. The molecule has 1 aromatic rings. The molecular weight excluding hydrogens is 266 g/mol. The van der Waals surface area contributed by atoms with Gasteiger partial charge in [0.1, 0.15) is 0 Å². The number of nitrogens with zero attached hydrogens (tertiary/aromatic N) is 1. The van der Waals surface area contributed by atoms with Crippen LogP contribution in [0.4, 0.5) is 0 Å². The van der Waals surface area contributed by atoms with Crippen molar-refractivity contribution in [1.29, 1.82) is 0 Å². The predicted molar refractivity (Wildman–Crippen MR) is 76.1 cm³/mol. The highest BCUT2D eigenvalue weighted by molar-refractivity contribution is 8.07. The van der Waals surface area contributed by atoms with Crippen molar-refractivity contribution in [2.24, 2.45) is 0 Å². The van der Waals surface area contributed by atoms with Crippen LogP contribution in [0.15, 0.2) is 40.1 Å². The third-order valence-electron chi connectivity index (χ3n) is 2.68. The third kappa shape index (κ3) is 2.33. The summed E-state index contributed by atoms with van der Waals surface area (Å²) in [5.74, 6) is -0.360. The number of rotatable bonds is 4. The Labute approximate surface area is 115 Å². The van der Waals surface area contributed by atoms with Gasteiger partial charge in [0.2, 0.25) is 0 Å². The number of thioether (sulfide) groups is 2. The van der Waals surface area contributed by atoms with Crippen molar-refractivity contribution in [1.82, 2.24) is 4.90 Å². The molecule has 1 aromatic carbocycles. The van der Waals surface area contributed by atoms with E-state index in [4.69, 9.17) is 0 Å². The van der Waals surface area contributed by atoms with E-state index in [9.17, 15) is 9.59 Å². The van der Waals surface area contributed by atoms with E-state index in [2.05, 4.69) is 0 Å². The third-order valence-corrected chi connectivity index (χ3v) is 4.38. The standard InChI is InChI=1S/C13H13NO2S2/c1-17-10-11(18-2)13(16)14(12(10)15)8-9-6-4-3-5-7-9/h3-7H,8H2,1-2H3. The zero-order valence-electron chi connectivity index (χ0n) is 10.2. The number of imide groups is 1. The molecule has 0 N–H and O–H groups in total. The zero-order chi connectivity index (χ0) is 13.1. The summed E-state index contributed by atoms with van der Waals surface area (Å²) in [5, 5.41) is 0. The van der Waals surface area contributed by atoms with Gasteiger partial charge in [0.25, 0.3) is 11.8 Å². The highest BCUT2D eigenvalue weighted by atomic mass is 32.2. The van der Waals surface area contributed by atoms with Crippen molar-refractivity contribution in [3.63, 3.8) is 0 Å². The van der Waals surface area contributed by atoms with Crippen molar-refractivity contribution in [3.05, 3.63) is 45.7 Å². The molecule has 18 heavy (non-hydrogen) atoms. The van der Waals surface area contributed by atoms with Crippen LogP contribution in [0, 0.1) is 0 Å². The van der Waals surface area contributed by atoms with Crippen molar-refractivity contribution >= 4 is 35.3 Å². The van der Waals surface area contributed by atoms with Crippen molar-refractivity contribution < 1.29 is 9.59 Å². The smallest absolute Gasteiger partial charge is 0.268 e. The number of benzene rings is 1. The quantitative estimate of drug-likeness (QED) is 0.794. The first-order valence-corrected chi connectivity index (χ1v) is 7.86. The van der Waals surface area contributed by atoms with Crippen LogP contribution in [0.2, 0.25) is 0 Å². The molecule has 2 rings (SSSR count). The maximum atomic E-state index is 12.1. The molecule has 94 valence electrons.